The van der Waals surface area contributed by atoms with Gasteiger partial charge < -0.3 is 0 Å². The van der Waals surface area contributed by atoms with Gasteiger partial charge in [-0.05, 0) is 43.2 Å². The van der Waals surface area contributed by atoms with Crippen LogP contribution in [0.1, 0.15) is 16.7 Å². The lowest BCUT2D eigenvalue weighted by molar-refractivity contribution is 0.884. The van der Waals surface area contributed by atoms with Crippen molar-refractivity contribution in [3.8, 4) is 16.9 Å². The molecule has 0 amide bonds. The van der Waals surface area contributed by atoms with Gasteiger partial charge >= 0.3 is 0 Å². The molecule has 1 aromatic heterocycles. The van der Waals surface area contributed by atoms with Crippen LogP contribution in [0.3, 0.4) is 0 Å². The van der Waals surface area contributed by atoms with Crippen molar-refractivity contribution in [3.63, 3.8) is 0 Å². The zero-order valence-corrected chi connectivity index (χ0v) is 13.1. The first-order valence-corrected chi connectivity index (χ1v) is 7.65. The Bertz CT molecular complexity index is 760. The molecule has 106 valence electrons. The lowest BCUT2D eigenvalue weighted by atomic mass is 10.0. The van der Waals surface area contributed by atoms with Gasteiger partial charge in [-0.2, -0.15) is 17.7 Å². The zero-order chi connectivity index (χ0) is 14.8. The van der Waals surface area contributed by atoms with E-state index in [0.717, 1.165) is 22.5 Å². The first-order valence-electron chi connectivity index (χ1n) is 7.01. The summed E-state index contributed by atoms with van der Waals surface area (Å²) in [6.45, 7) is 4.26. The number of nitrogens with zero attached hydrogens (tertiary/aromatic N) is 2. The molecule has 3 rings (SSSR count). The number of benzene rings is 2. The Balaban J connectivity index is 2.10. The Labute approximate surface area is 130 Å². The Morgan fingerprint density at radius 3 is 2.43 bits per heavy atom. The van der Waals surface area contributed by atoms with Crippen LogP contribution in [-0.4, -0.2) is 9.78 Å². The van der Waals surface area contributed by atoms with Gasteiger partial charge in [0.25, 0.3) is 0 Å². The molecule has 0 spiro atoms. The van der Waals surface area contributed by atoms with Gasteiger partial charge in [0.2, 0.25) is 0 Å². The summed E-state index contributed by atoms with van der Waals surface area (Å²) in [5, 5.41) is 4.76. The molecule has 0 N–H and O–H groups in total. The molecule has 0 fully saturated rings. The first kappa shape index (κ1) is 14.0. The van der Waals surface area contributed by atoms with E-state index < -0.39 is 0 Å². The maximum atomic E-state index is 4.76. The fourth-order valence-electron chi connectivity index (χ4n) is 2.37. The van der Waals surface area contributed by atoms with Crippen LogP contribution in [-0.2, 0) is 5.75 Å². The summed E-state index contributed by atoms with van der Waals surface area (Å²) in [5.41, 5.74) is 6.95. The molecule has 0 radical (unpaired) electrons. The van der Waals surface area contributed by atoms with Gasteiger partial charge in [0.05, 0.1) is 11.4 Å². The highest BCUT2D eigenvalue weighted by Gasteiger charge is 2.11. The molecule has 21 heavy (non-hydrogen) atoms. The highest BCUT2D eigenvalue weighted by atomic mass is 32.1. The first-order chi connectivity index (χ1) is 10.2. The van der Waals surface area contributed by atoms with Crippen molar-refractivity contribution in [1.29, 1.82) is 0 Å². The Morgan fingerprint density at radius 2 is 1.76 bits per heavy atom. The van der Waals surface area contributed by atoms with Crippen LogP contribution in [0.4, 0.5) is 0 Å². The Hall–Kier alpha value is -2.00. The van der Waals surface area contributed by atoms with Crippen molar-refractivity contribution in [2.24, 2.45) is 0 Å². The molecular weight excluding hydrogens is 276 g/mol. The smallest absolute Gasteiger partial charge is 0.0967 e. The second kappa shape index (κ2) is 5.78. The van der Waals surface area contributed by atoms with E-state index in [4.69, 9.17) is 5.10 Å². The van der Waals surface area contributed by atoms with Crippen molar-refractivity contribution >= 4 is 12.6 Å². The summed E-state index contributed by atoms with van der Waals surface area (Å²) in [7, 11) is 0. The van der Waals surface area contributed by atoms with Gasteiger partial charge in [0.15, 0.2) is 0 Å². The number of hydrogen-bond acceptors (Lipinski definition) is 2. The molecule has 0 bridgehead atoms. The second-order valence-electron chi connectivity index (χ2n) is 5.24. The van der Waals surface area contributed by atoms with Crippen LogP contribution in [0.2, 0.25) is 0 Å². The molecule has 0 saturated carbocycles. The van der Waals surface area contributed by atoms with Gasteiger partial charge in [0, 0.05) is 23.1 Å². The number of hydrogen-bond donors (Lipinski definition) is 1. The zero-order valence-electron chi connectivity index (χ0n) is 12.2. The second-order valence-corrected chi connectivity index (χ2v) is 5.56. The molecule has 1 heterocycles. The van der Waals surface area contributed by atoms with Crippen molar-refractivity contribution in [2.75, 3.05) is 0 Å². The molecule has 0 unspecified atom stereocenters. The van der Waals surface area contributed by atoms with Gasteiger partial charge in [-0.3, -0.25) is 0 Å². The molecule has 3 aromatic rings. The number of aryl methyl sites for hydroxylation is 2. The average molecular weight is 294 g/mol. The summed E-state index contributed by atoms with van der Waals surface area (Å²) in [6.07, 6.45) is 2.06. The van der Waals surface area contributed by atoms with Crippen LogP contribution in [0.15, 0.2) is 54.7 Å². The maximum Gasteiger partial charge on any atom is 0.0967 e. The third kappa shape index (κ3) is 2.74. The lowest BCUT2D eigenvalue weighted by Crippen LogP contribution is -1.94. The molecule has 0 saturated heterocycles. The van der Waals surface area contributed by atoms with Gasteiger partial charge in [-0.1, -0.05) is 30.3 Å². The quantitative estimate of drug-likeness (QED) is 0.700. The van der Waals surface area contributed by atoms with Crippen LogP contribution in [0.25, 0.3) is 16.9 Å². The van der Waals surface area contributed by atoms with Gasteiger partial charge in [-0.15, -0.1) is 0 Å². The third-order valence-electron chi connectivity index (χ3n) is 3.76. The largest absolute Gasteiger partial charge is 0.240 e. The topological polar surface area (TPSA) is 17.8 Å². The molecule has 0 aliphatic rings. The van der Waals surface area contributed by atoms with E-state index in [1.807, 2.05) is 22.9 Å². The van der Waals surface area contributed by atoms with E-state index in [1.54, 1.807) is 0 Å². The molecule has 3 heteroatoms. The summed E-state index contributed by atoms with van der Waals surface area (Å²) < 4.78 is 1.93. The van der Waals surface area contributed by atoms with Crippen LogP contribution in [0.5, 0.6) is 0 Å². The third-order valence-corrected chi connectivity index (χ3v) is 4.10. The monoisotopic (exact) mass is 294 g/mol. The molecular formula is C18H18N2S. The molecule has 2 nitrogen and oxygen atoms in total. The summed E-state index contributed by atoms with van der Waals surface area (Å²) in [4.78, 5) is 0. The predicted octanol–water partition coefficient (Wildman–Crippen LogP) is 4.59. The Morgan fingerprint density at radius 1 is 1.00 bits per heavy atom. The fourth-order valence-corrected chi connectivity index (χ4v) is 2.60. The highest BCUT2D eigenvalue weighted by molar-refractivity contribution is 7.79. The number of thiol groups is 1. The minimum Gasteiger partial charge on any atom is -0.240 e. The standard InChI is InChI=1S/C18H18N2S/c1-13-8-9-15(10-14(13)2)18-16(12-21)11-20(19-18)17-6-4-3-5-7-17/h3-11,21H,12H2,1-2H3. The Kier molecular flexibility index (Phi) is 3.84. The van der Waals surface area contributed by atoms with Crippen molar-refractivity contribution in [3.05, 3.63) is 71.4 Å². The molecule has 0 atom stereocenters. The summed E-state index contributed by atoms with van der Waals surface area (Å²) in [5.74, 6) is 0.676. The number of para-hydroxylation sites is 1. The van der Waals surface area contributed by atoms with Crippen LogP contribution >= 0.6 is 12.6 Å². The lowest BCUT2D eigenvalue weighted by Gasteiger charge is -2.04. The number of rotatable bonds is 3. The van der Waals surface area contributed by atoms with Crippen molar-refractivity contribution in [1.82, 2.24) is 9.78 Å². The van der Waals surface area contributed by atoms with E-state index in [-0.39, 0.29) is 0 Å². The van der Waals surface area contributed by atoms with Gasteiger partial charge in [-0.25, -0.2) is 4.68 Å². The maximum absolute atomic E-state index is 4.76. The average Bonchev–Trinajstić information content (AvgIpc) is 2.95. The van der Waals surface area contributed by atoms with Crippen molar-refractivity contribution < 1.29 is 0 Å². The summed E-state index contributed by atoms with van der Waals surface area (Å²) in [6, 6.07) is 16.6. The minimum absolute atomic E-state index is 0.676. The SMILES string of the molecule is Cc1ccc(-c2nn(-c3ccccc3)cc2CS)cc1C. The van der Waals surface area contributed by atoms with E-state index in [0.29, 0.717) is 5.75 Å². The molecule has 0 aliphatic carbocycles. The minimum atomic E-state index is 0.676. The molecule has 2 aromatic carbocycles. The van der Waals surface area contributed by atoms with Crippen molar-refractivity contribution in [2.45, 2.75) is 19.6 Å². The molecule has 0 aliphatic heterocycles. The van der Waals surface area contributed by atoms with Crippen LogP contribution < -0.4 is 0 Å². The summed E-state index contributed by atoms with van der Waals surface area (Å²) >= 11 is 4.45. The number of aromatic nitrogens is 2. The van der Waals surface area contributed by atoms with E-state index in [9.17, 15) is 0 Å². The van der Waals surface area contributed by atoms with Crippen LogP contribution in [0, 0.1) is 13.8 Å². The fraction of sp³-hybridized carbons (Fsp3) is 0.167. The van der Waals surface area contributed by atoms with E-state index >= 15 is 0 Å². The predicted molar refractivity (Wildman–Crippen MR) is 91.2 cm³/mol. The van der Waals surface area contributed by atoms with E-state index in [1.165, 1.54) is 11.1 Å². The normalized spacial score (nSPS) is 10.8. The van der Waals surface area contributed by atoms with E-state index in [2.05, 4.69) is 63.0 Å². The highest BCUT2D eigenvalue weighted by Crippen LogP contribution is 2.26. The van der Waals surface area contributed by atoms with Gasteiger partial charge in [0.1, 0.15) is 0 Å².